The maximum atomic E-state index is 10.7. The predicted octanol–water partition coefficient (Wildman–Crippen LogP) is 1.99. The zero-order chi connectivity index (χ0) is 10.1. The third kappa shape index (κ3) is 1.49. The molecule has 1 atom stereocenters. The highest BCUT2D eigenvalue weighted by molar-refractivity contribution is 7.17. The van der Waals surface area contributed by atoms with Crippen molar-refractivity contribution in [1.29, 1.82) is 0 Å². The molecule has 4 heteroatoms. The largest absolute Gasteiger partial charge is 0.480 e. The smallest absolute Gasteiger partial charge is 0.325 e. The zero-order valence-electron chi connectivity index (χ0n) is 7.31. The summed E-state index contributed by atoms with van der Waals surface area (Å²) in [5.74, 6) is -0.999. The predicted molar refractivity (Wildman–Crippen MR) is 56.4 cm³/mol. The van der Waals surface area contributed by atoms with Crippen molar-refractivity contribution in [1.82, 2.24) is 0 Å². The van der Waals surface area contributed by atoms with Crippen molar-refractivity contribution < 1.29 is 9.90 Å². The number of carboxylic acid groups (broad SMARTS) is 1. The van der Waals surface area contributed by atoms with Gasteiger partial charge in [0.25, 0.3) is 0 Å². The van der Waals surface area contributed by atoms with Gasteiger partial charge in [0, 0.05) is 4.70 Å². The van der Waals surface area contributed by atoms with E-state index in [1.807, 2.05) is 23.6 Å². The van der Waals surface area contributed by atoms with Gasteiger partial charge in [0.2, 0.25) is 0 Å². The van der Waals surface area contributed by atoms with Gasteiger partial charge in [-0.1, -0.05) is 12.1 Å². The number of hydrogen-bond acceptors (Lipinski definition) is 3. The molecule has 1 unspecified atom stereocenters. The lowest BCUT2D eigenvalue weighted by molar-refractivity contribution is -0.138. The molecule has 0 aliphatic rings. The van der Waals surface area contributed by atoms with Crippen LogP contribution in [-0.2, 0) is 4.79 Å². The Bertz CT molecular complexity index is 478. The number of carbonyl (C=O) groups is 1. The second kappa shape index (κ2) is 3.40. The highest BCUT2D eigenvalue weighted by atomic mass is 32.1. The average Bonchev–Trinajstić information content (AvgIpc) is 2.62. The molecule has 2 aromatic rings. The summed E-state index contributed by atoms with van der Waals surface area (Å²) in [7, 11) is 0. The summed E-state index contributed by atoms with van der Waals surface area (Å²) >= 11 is 1.58. The van der Waals surface area contributed by atoms with E-state index in [0.717, 1.165) is 10.1 Å². The number of carboxylic acids is 1. The Morgan fingerprint density at radius 1 is 1.43 bits per heavy atom. The van der Waals surface area contributed by atoms with Gasteiger partial charge in [0.1, 0.15) is 6.04 Å². The van der Waals surface area contributed by atoms with Gasteiger partial charge in [0.15, 0.2) is 0 Å². The molecule has 1 aromatic carbocycles. The Morgan fingerprint density at radius 2 is 2.21 bits per heavy atom. The van der Waals surface area contributed by atoms with Crippen LogP contribution in [0.2, 0.25) is 0 Å². The number of fused-ring (bicyclic) bond motifs is 1. The first-order valence-corrected chi connectivity index (χ1v) is 5.02. The van der Waals surface area contributed by atoms with Crippen molar-refractivity contribution in [2.24, 2.45) is 5.73 Å². The fourth-order valence-electron chi connectivity index (χ4n) is 1.31. The van der Waals surface area contributed by atoms with Crippen LogP contribution in [0.4, 0.5) is 0 Å². The van der Waals surface area contributed by atoms with Crippen molar-refractivity contribution in [3.63, 3.8) is 0 Å². The average molecular weight is 207 g/mol. The van der Waals surface area contributed by atoms with E-state index in [1.165, 1.54) is 0 Å². The molecule has 0 spiro atoms. The van der Waals surface area contributed by atoms with E-state index in [4.69, 9.17) is 10.8 Å². The second-order valence-corrected chi connectivity index (χ2v) is 3.98. The Morgan fingerprint density at radius 3 is 2.93 bits per heavy atom. The zero-order valence-corrected chi connectivity index (χ0v) is 8.12. The first kappa shape index (κ1) is 9.18. The first-order valence-electron chi connectivity index (χ1n) is 4.14. The summed E-state index contributed by atoms with van der Waals surface area (Å²) in [6.45, 7) is 0. The monoisotopic (exact) mass is 207 g/mol. The highest BCUT2D eigenvalue weighted by Crippen LogP contribution is 2.24. The Balaban J connectivity index is 2.48. The van der Waals surface area contributed by atoms with Gasteiger partial charge < -0.3 is 10.8 Å². The lowest BCUT2D eigenvalue weighted by Gasteiger charge is -2.05. The van der Waals surface area contributed by atoms with Crippen LogP contribution in [0.1, 0.15) is 11.6 Å². The summed E-state index contributed by atoms with van der Waals surface area (Å²) < 4.78 is 1.07. The maximum absolute atomic E-state index is 10.7. The van der Waals surface area contributed by atoms with Crippen LogP contribution < -0.4 is 5.73 Å². The second-order valence-electron chi connectivity index (χ2n) is 3.03. The minimum atomic E-state index is -0.999. The van der Waals surface area contributed by atoms with Crippen molar-refractivity contribution in [3.05, 3.63) is 35.2 Å². The Hall–Kier alpha value is -1.39. The number of aliphatic carboxylic acids is 1. The SMILES string of the molecule is NC(C(=O)O)c1ccc2ccsc2c1. The summed E-state index contributed by atoms with van der Waals surface area (Å²) in [5, 5.41) is 11.8. The number of hydrogen-bond donors (Lipinski definition) is 2. The molecule has 0 bridgehead atoms. The molecule has 2 rings (SSSR count). The quantitative estimate of drug-likeness (QED) is 0.791. The number of thiophene rings is 1. The molecule has 3 nitrogen and oxygen atoms in total. The number of rotatable bonds is 2. The van der Waals surface area contributed by atoms with Crippen LogP contribution >= 0.6 is 11.3 Å². The molecule has 3 N–H and O–H groups in total. The van der Waals surface area contributed by atoms with Gasteiger partial charge in [-0.3, -0.25) is 4.79 Å². The van der Waals surface area contributed by atoms with Gasteiger partial charge in [0.05, 0.1) is 0 Å². The van der Waals surface area contributed by atoms with Gasteiger partial charge in [-0.25, -0.2) is 0 Å². The third-order valence-electron chi connectivity index (χ3n) is 2.11. The van der Waals surface area contributed by atoms with E-state index in [0.29, 0.717) is 5.56 Å². The van der Waals surface area contributed by atoms with E-state index in [-0.39, 0.29) is 0 Å². The van der Waals surface area contributed by atoms with Crippen molar-refractivity contribution in [2.75, 3.05) is 0 Å². The van der Waals surface area contributed by atoms with Crippen molar-refractivity contribution >= 4 is 27.4 Å². The molecule has 1 aromatic heterocycles. The van der Waals surface area contributed by atoms with Gasteiger partial charge >= 0.3 is 5.97 Å². The minimum Gasteiger partial charge on any atom is -0.480 e. The van der Waals surface area contributed by atoms with E-state index in [1.54, 1.807) is 17.4 Å². The number of benzene rings is 1. The van der Waals surface area contributed by atoms with E-state index < -0.39 is 12.0 Å². The molecule has 0 saturated heterocycles. The van der Waals surface area contributed by atoms with Gasteiger partial charge in [-0.05, 0) is 28.5 Å². The van der Waals surface area contributed by atoms with Crippen LogP contribution in [0.25, 0.3) is 10.1 Å². The summed E-state index contributed by atoms with van der Waals surface area (Å²) in [6.07, 6.45) is 0. The molecule has 1 heterocycles. The Labute approximate surface area is 84.8 Å². The summed E-state index contributed by atoms with van der Waals surface area (Å²) in [5.41, 5.74) is 6.15. The third-order valence-corrected chi connectivity index (χ3v) is 2.99. The molecular formula is C10H9NO2S. The molecule has 72 valence electrons. The lowest BCUT2D eigenvalue weighted by atomic mass is 10.1. The van der Waals surface area contributed by atoms with E-state index in [2.05, 4.69) is 0 Å². The number of nitrogens with two attached hydrogens (primary N) is 1. The molecule has 0 aliphatic heterocycles. The van der Waals surface area contributed by atoms with Crippen molar-refractivity contribution in [2.45, 2.75) is 6.04 Å². The molecule has 0 saturated carbocycles. The van der Waals surface area contributed by atoms with Gasteiger partial charge in [-0.2, -0.15) is 0 Å². The topological polar surface area (TPSA) is 63.3 Å². The van der Waals surface area contributed by atoms with E-state index in [9.17, 15) is 4.79 Å². The fraction of sp³-hybridized carbons (Fsp3) is 0.100. The molecule has 0 amide bonds. The Kier molecular flexibility index (Phi) is 2.23. The minimum absolute atomic E-state index is 0.646. The normalized spacial score (nSPS) is 12.9. The standard InChI is InChI=1S/C10H9NO2S/c11-9(10(12)13)7-2-1-6-3-4-14-8(6)5-7/h1-5,9H,11H2,(H,12,13). The van der Waals surface area contributed by atoms with Crippen LogP contribution in [0.15, 0.2) is 29.6 Å². The molecule has 0 radical (unpaired) electrons. The first-order chi connectivity index (χ1) is 6.68. The van der Waals surface area contributed by atoms with Crippen LogP contribution in [0.5, 0.6) is 0 Å². The van der Waals surface area contributed by atoms with E-state index >= 15 is 0 Å². The van der Waals surface area contributed by atoms with Crippen molar-refractivity contribution in [3.8, 4) is 0 Å². The van der Waals surface area contributed by atoms with Crippen LogP contribution in [0, 0.1) is 0 Å². The molecular weight excluding hydrogens is 198 g/mol. The maximum Gasteiger partial charge on any atom is 0.325 e. The molecule has 0 aliphatic carbocycles. The van der Waals surface area contributed by atoms with Crippen LogP contribution in [0.3, 0.4) is 0 Å². The molecule has 14 heavy (non-hydrogen) atoms. The highest BCUT2D eigenvalue weighted by Gasteiger charge is 2.14. The fourth-order valence-corrected chi connectivity index (χ4v) is 2.14. The van der Waals surface area contributed by atoms with Crippen LogP contribution in [-0.4, -0.2) is 11.1 Å². The summed E-state index contributed by atoms with van der Waals surface area (Å²) in [6, 6.07) is 6.55. The molecule has 0 fully saturated rings. The van der Waals surface area contributed by atoms with Gasteiger partial charge in [-0.15, -0.1) is 11.3 Å². The summed E-state index contributed by atoms with van der Waals surface area (Å²) in [4.78, 5) is 10.7. The lowest BCUT2D eigenvalue weighted by Crippen LogP contribution is -2.20.